The molecule has 0 atom stereocenters. The number of nitrogens with one attached hydrogen (secondary N) is 2. The summed E-state index contributed by atoms with van der Waals surface area (Å²) in [6.07, 6.45) is -3.61. The summed E-state index contributed by atoms with van der Waals surface area (Å²) in [6, 6.07) is 7.76. The zero-order chi connectivity index (χ0) is 19.7. The van der Waals surface area contributed by atoms with Crippen LogP contribution in [0.25, 0.3) is 0 Å². The minimum Gasteiger partial charge on any atom is -0.484 e. The van der Waals surface area contributed by atoms with Crippen molar-refractivity contribution in [1.82, 2.24) is 10.6 Å². The molecular formula is C18H19F3N2O3S. The van der Waals surface area contributed by atoms with E-state index in [1.54, 1.807) is 23.6 Å². The fourth-order valence-electron chi connectivity index (χ4n) is 2.10. The van der Waals surface area contributed by atoms with E-state index < -0.39 is 12.8 Å². The first-order valence-corrected chi connectivity index (χ1v) is 9.13. The fourth-order valence-corrected chi connectivity index (χ4v) is 2.74. The quantitative estimate of drug-likeness (QED) is 0.633. The summed E-state index contributed by atoms with van der Waals surface area (Å²) in [5.74, 6) is -0.217. The van der Waals surface area contributed by atoms with Crippen LogP contribution in [0.15, 0.2) is 41.1 Å². The Kier molecular flexibility index (Phi) is 7.66. The Morgan fingerprint density at radius 1 is 1.07 bits per heavy atom. The Balaban J connectivity index is 1.61. The highest BCUT2D eigenvalue weighted by molar-refractivity contribution is 7.08. The average Bonchev–Trinajstić information content (AvgIpc) is 3.17. The van der Waals surface area contributed by atoms with Crippen molar-refractivity contribution in [3.8, 4) is 5.75 Å². The molecule has 2 N–H and O–H groups in total. The summed E-state index contributed by atoms with van der Waals surface area (Å²) in [6.45, 7) is -0.682. The maximum Gasteiger partial charge on any atom is 0.422 e. The lowest BCUT2D eigenvalue weighted by atomic mass is 10.2. The van der Waals surface area contributed by atoms with Crippen molar-refractivity contribution in [3.05, 3.63) is 52.2 Å². The van der Waals surface area contributed by atoms with Crippen LogP contribution in [0.2, 0.25) is 0 Å². The minimum atomic E-state index is -4.38. The van der Waals surface area contributed by atoms with Crippen molar-refractivity contribution in [3.63, 3.8) is 0 Å². The molecule has 5 nitrogen and oxygen atoms in total. The fraction of sp³-hybridized carbons (Fsp3) is 0.333. The molecule has 0 bridgehead atoms. The second kappa shape index (κ2) is 9.96. The minimum absolute atomic E-state index is 0.115. The molecule has 0 spiro atoms. The van der Waals surface area contributed by atoms with E-state index in [0.29, 0.717) is 18.5 Å². The zero-order valence-corrected chi connectivity index (χ0v) is 15.2. The van der Waals surface area contributed by atoms with E-state index in [1.807, 2.05) is 5.38 Å². The molecule has 146 valence electrons. The first-order chi connectivity index (χ1) is 12.8. The summed E-state index contributed by atoms with van der Waals surface area (Å²) < 4.78 is 40.9. The number of benzene rings is 1. The van der Waals surface area contributed by atoms with Gasteiger partial charge < -0.3 is 15.4 Å². The largest absolute Gasteiger partial charge is 0.484 e. The standard InChI is InChI=1S/C18H19F3N2O3S/c19-18(20,21)12-26-15-5-3-13(4-6-15)10-23-16(24)2-1-8-22-17(25)14-7-9-27-11-14/h3-7,9,11H,1-2,8,10,12H2,(H,22,25)(H,23,24). The van der Waals surface area contributed by atoms with Gasteiger partial charge in [-0.15, -0.1) is 0 Å². The molecule has 0 saturated heterocycles. The summed E-state index contributed by atoms with van der Waals surface area (Å²) in [7, 11) is 0. The van der Waals surface area contributed by atoms with Gasteiger partial charge in [0.25, 0.3) is 5.91 Å². The van der Waals surface area contributed by atoms with Crippen LogP contribution in [0.1, 0.15) is 28.8 Å². The van der Waals surface area contributed by atoms with Crippen molar-refractivity contribution >= 4 is 23.2 Å². The Hall–Kier alpha value is -2.55. The van der Waals surface area contributed by atoms with E-state index in [1.165, 1.54) is 23.5 Å². The first kappa shape index (κ1) is 20.8. The van der Waals surface area contributed by atoms with E-state index in [2.05, 4.69) is 15.4 Å². The van der Waals surface area contributed by atoms with Crippen molar-refractivity contribution in [2.45, 2.75) is 25.6 Å². The van der Waals surface area contributed by atoms with E-state index >= 15 is 0 Å². The molecular weight excluding hydrogens is 381 g/mol. The normalized spacial score (nSPS) is 11.1. The van der Waals surface area contributed by atoms with Gasteiger partial charge in [-0.3, -0.25) is 9.59 Å². The molecule has 0 aliphatic heterocycles. The topological polar surface area (TPSA) is 67.4 Å². The molecule has 0 fully saturated rings. The predicted molar refractivity (Wildman–Crippen MR) is 95.7 cm³/mol. The van der Waals surface area contributed by atoms with Crippen LogP contribution in [0, 0.1) is 0 Å². The molecule has 0 unspecified atom stereocenters. The van der Waals surface area contributed by atoms with Crippen LogP contribution < -0.4 is 15.4 Å². The number of thiophene rings is 1. The van der Waals surface area contributed by atoms with E-state index in [4.69, 9.17) is 0 Å². The number of ether oxygens (including phenoxy) is 1. The smallest absolute Gasteiger partial charge is 0.422 e. The molecule has 27 heavy (non-hydrogen) atoms. The summed E-state index contributed by atoms with van der Waals surface area (Å²) >= 11 is 1.44. The Labute approximate surface area is 158 Å². The summed E-state index contributed by atoms with van der Waals surface area (Å²) in [4.78, 5) is 23.5. The van der Waals surface area contributed by atoms with Gasteiger partial charge in [-0.1, -0.05) is 12.1 Å². The van der Waals surface area contributed by atoms with Crippen molar-refractivity contribution < 1.29 is 27.5 Å². The van der Waals surface area contributed by atoms with Crippen LogP contribution >= 0.6 is 11.3 Å². The monoisotopic (exact) mass is 400 g/mol. The van der Waals surface area contributed by atoms with Crippen LogP contribution in [0.4, 0.5) is 13.2 Å². The van der Waals surface area contributed by atoms with Gasteiger partial charge in [0, 0.05) is 30.5 Å². The third-order valence-corrected chi connectivity index (χ3v) is 4.15. The third-order valence-electron chi connectivity index (χ3n) is 3.47. The van der Waals surface area contributed by atoms with Crippen molar-refractivity contribution in [2.75, 3.05) is 13.2 Å². The predicted octanol–water partition coefficient (Wildman–Crippen LogP) is 3.52. The SMILES string of the molecule is O=C(CCCNC(=O)c1ccsc1)NCc1ccc(OCC(F)(F)F)cc1. The second-order valence-electron chi connectivity index (χ2n) is 5.70. The van der Waals surface area contributed by atoms with Gasteiger partial charge >= 0.3 is 6.18 Å². The Bertz CT molecular complexity index is 731. The molecule has 2 aromatic rings. The highest BCUT2D eigenvalue weighted by atomic mass is 32.1. The number of hydrogen-bond donors (Lipinski definition) is 2. The van der Waals surface area contributed by atoms with Gasteiger partial charge in [0.1, 0.15) is 5.75 Å². The first-order valence-electron chi connectivity index (χ1n) is 8.19. The second-order valence-corrected chi connectivity index (χ2v) is 6.48. The van der Waals surface area contributed by atoms with Crippen LogP contribution in [-0.2, 0) is 11.3 Å². The van der Waals surface area contributed by atoms with Crippen LogP contribution in [0.5, 0.6) is 5.75 Å². The van der Waals surface area contributed by atoms with Crippen molar-refractivity contribution in [1.29, 1.82) is 0 Å². The van der Waals surface area contributed by atoms with Gasteiger partial charge in [0.15, 0.2) is 6.61 Å². The highest BCUT2D eigenvalue weighted by Gasteiger charge is 2.28. The number of alkyl halides is 3. The number of hydrogen-bond acceptors (Lipinski definition) is 4. The molecule has 1 aromatic heterocycles. The van der Waals surface area contributed by atoms with Gasteiger partial charge in [-0.05, 0) is 35.6 Å². The van der Waals surface area contributed by atoms with Gasteiger partial charge in [-0.25, -0.2) is 0 Å². The third kappa shape index (κ3) is 8.12. The molecule has 0 saturated carbocycles. The molecule has 2 amide bonds. The van der Waals surface area contributed by atoms with Gasteiger partial charge in [0.2, 0.25) is 5.91 Å². The zero-order valence-electron chi connectivity index (χ0n) is 14.3. The lowest BCUT2D eigenvalue weighted by Gasteiger charge is -2.10. The molecule has 2 rings (SSSR count). The number of amides is 2. The van der Waals surface area contributed by atoms with Crippen LogP contribution in [-0.4, -0.2) is 31.1 Å². The maximum absolute atomic E-state index is 12.1. The molecule has 0 radical (unpaired) electrons. The van der Waals surface area contributed by atoms with Crippen molar-refractivity contribution in [2.24, 2.45) is 0 Å². The lowest BCUT2D eigenvalue weighted by Crippen LogP contribution is -2.27. The van der Waals surface area contributed by atoms with E-state index in [0.717, 1.165) is 5.56 Å². The number of rotatable bonds is 9. The average molecular weight is 400 g/mol. The molecule has 1 heterocycles. The molecule has 0 aliphatic rings. The summed E-state index contributed by atoms with van der Waals surface area (Å²) in [5.41, 5.74) is 1.35. The van der Waals surface area contributed by atoms with Gasteiger partial charge in [-0.2, -0.15) is 24.5 Å². The molecule has 0 aliphatic carbocycles. The van der Waals surface area contributed by atoms with Gasteiger partial charge in [0.05, 0.1) is 0 Å². The number of halogens is 3. The summed E-state index contributed by atoms with van der Waals surface area (Å²) in [5, 5.41) is 9.02. The molecule has 1 aromatic carbocycles. The van der Waals surface area contributed by atoms with E-state index in [-0.39, 0.29) is 30.5 Å². The van der Waals surface area contributed by atoms with E-state index in [9.17, 15) is 22.8 Å². The Morgan fingerprint density at radius 3 is 2.44 bits per heavy atom. The lowest BCUT2D eigenvalue weighted by molar-refractivity contribution is -0.153. The van der Waals surface area contributed by atoms with Crippen LogP contribution in [0.3, 0.4) is 0 Å². The number of carbonyl (C=O) groups excluding carboxylic acids is 2. The number of carbonyl (C=O) groups is 2. The Morgan fingerprint density at radius 2 is 1.81 bits per heavy atom. The maximum atomic E-state index is 12.1. The highest BCUT2D eigenvalue weighted by Crippen LogP contribution is 2.18. The molecule has 9 heteroatoms.